The third-order valence-electron chi connectivity index (χ3n) is 3.40. The molecule has 90 valence electrons. The summed E-state index contributed by atoms with van der Waals surface area (Å²) in [7, 11) is 1.60. The summed E-state index contributed by atoms with van der Waals surface area (Å²) in [5.74, 6) is 1.52. The Hall–Kier alpha value is -1.53. The molecule has 1 aliphatic carbocycles. The van der Waals surface area contributed by atoms with Crippen LogP contribution in [0.1, 0.15) is 30.9 Å². The molecule has 0 radical (unpaired) electrons. The van der Waals surface area contributed by atoms with Gasteiger partial charge in [0.05, 0.1) is 12.7 Å². The molecule has 1 saturated carbocycles. The number of hydrogen-bond donors (Lipinski definition) is 1. The Labute approximate surface area is 102 Å². The van der Waals surface area contributed by atoms with Gasteiger partial charge in [-0.3, -0.25) is 0 Å². The first-order valence-electron chi connectivity index (χ1n) is 6.08. The summed E-state index contributed by atoms with van der Waals surface area (Å²) < 4.78 is 5.19. The van der Waals surface area contributed by atoms with Gasteiger partial charge >= 0.3 is 0 Å². The number of nitrogens with zero attached hydrogens (tertiary/aromatic N) is 1. The van der Waals surface area contributed by atoms with Gasteiger partial charge in [0.1, 0.15) is 11.8 Å². The normalized spacial score (nSPS) is 21.9. The van der Waals surface area contributed by atoms with Crippen molar-refractivity contribution in [1.82, 2.24) is 5.32 Å². The van der Waals surface area contributed by atoms with Crippen LogP contribution < -0.4 is 10.1 Å². The largest absolute Gasteiger partial charge is 0.495 e. The predicted molar refractivity (Wildman–Crippen MR) is 66.7 cm³/mol. The maximum Gasteiger partial charge on any atom is 0.136 e. The standard InChI is InChI=1S/C14H18N2O/c1-3-11-7-13(11)16-9-10-4-5-12(8-15)14(6-10)17-2/h4-6,11,13,16H,3,7,9H2,1-2H3. The molecule has 1 aliphatic rings. The maximum absolute atomic E-state index is 8.89. The van der Waals surface area contributed by atoms with Crippen molar-refractivity contribution in [2.24, 2.45) is 5.92 Å². The topological polar surface area (TPSA) is 45.0 Å². The molecule has 0 spiro atoms. The third-order valence-corrected chi connectivity index (χ3v) is 3.40. The highest BCUT2D eigenvalue weighted by Crippen LogP contribution is 2.33. The molecule has 0 heterocycles. The van der Waals surface area contributed by atoms with E-state index in [0.717, 1.165) is 12.5 Å². The third kappa shape index (κ3) is 2.78. The molecule has 3 nitrogen and oxygen atoms in total. The molecule has 1 aromatic rings. The van der Waals surface area contributed by atoms with Crippen LogP contribution in [-0.2, 0) is 6.54 Å². The summed E-state index contributed by atoms with van der Waals surface area (Å²) in [4.78, 5) is 0. The number of ether oxygens (including phenoxy) is 1. The number of benzene rings is 1. The molecule has 1 N–H and O–H groups in total. The minimum atomic E-state index is 0.592. The van der Waals surface area contributed by atoms with Crippen LogP contribution in [0.3, 0.4) is 0 Å². The molecular formula is C14H18N2O. The predicted octanol–water partition coefficient (Wildman–Crippen LogP) is 2.45. The second-order valence-electron chi connectivity index (χ2n) is 4.54. The molecule has 1 aromatic carbocycles. The molecule has 17 heavy (non-hydrogen) atoms. The number of nitrogens with one attached hydrogen (secondary N) is 1. The molecule has 0 aromatic heterocycles. The van der Waals surface area contributed by atoms with Crippen molar-refractivity contribution in [1.29, 1.82) is 5.26 Å². The van der Waals surface area contributed by atoms with E-state index in [-0.39, 0.29) is 0 Å². The van der Waals surface area contributed by atoms with E-state index >= 15 is 0 Å². The second-order valence-corrected chi connectivity index (χ2v) is 4.54. The molecule has 0 aliphatic heterocycles. The zero-order chi connectivity index (χ0) is 12.3. The number of hydrogen-bond acceptors (Lipinski definition) is 3. The molecular weight excluding hydrogens is 212 g/mol. The van der Waals surface area contributed by atoms with Crippen LogP contribution in [0.25, 0.3) is 0 Å². The lowest BCUT2D eigenvalue weighted by Gasteiger charge is -2.07. The summed E-state index contributed by atoms with van der Waals surface area (Å²) >= 11 is 0. The molecule has 1 fully saturated rings. The first-order valence-corrected chi connectivity index (χ1v) is 6.08. The summed E-state index contributed by atoms with van der Waals surface area (Å²) in [5.41, 5.74) is 1.76. The molecule has 3 heteroatoms. The lowest BCUT2D eigenvalue weighted by atomic mass is 10.1. The van der Waals surface area contributed by atoms with Crippen LogP contribution in [-0.4, -0.2) is 13.2 Å². The molecule has 0 amide bonds. The van der Waals surface area contributed by atoms with Gasteiger partial charge in [0.25, 0.3) is 0 Å². The summed E-state index contributed by atoms with van der Waals surface area (Å²) in [6.07, 6.45) is 2.55. The average Bonchev–Trinajstić information content (AvgIpc) is 3.14. The van der Waals surface area contributed by atoms with Crippen molar-refractivity contribution >= 4 is 0 Å². The second kappa shape index (κ2) is 5.20. The van der Waals surface area contributed by atoms with Crippen molar-refractivity contribution in [3.8, 4) is 11.8 Å². The Bertz CT molecular complexity index is 436. The van der Waals surface area contributed by atoms with Crippen LogP contribution in [0.15, 0.2) is 18.2 Å². The first kappa shape index (κ1) is 11.9. The Balaban J connectivity index is 1.95. The van der Waals surface area contributed by atoms with Gasteiger partial charge in [-0.1, -0.05) is 19.4 Å². The zero-order valence-corrected chi connectivity index (χ0v) is 10.4. The highest BCUT2D eigenvalue weighted by molar-refractivity contribution is 5.45. The maximum atomic E-state index is 8.89. The van der Waals surface area contributed by atoms with Gasteiger partial charge in [0.2, 0.25) is 0 Å². The van der Waals surface area contributed by atoms with Crippen molar-refractivity contribution in [2.75, 3.05) is 7.11 Å². The van der Waals surface area contributed by atoms with E-state index < -0.39 is 0 Å². The Kier molecular flexibility index (Phi) is 3.65. The quantitative estimate of drug-likeness (QED) is 0.845. The fraction of sp³-hybridized carbons (Fsp3) is 0.500. The van der Waals surface area contributed by atoms with Crippen LogP contribution in [0, 0.1) is 17.2 Å². The molecule has 2 rings (SSSR count). The van der Waals surface area contributed by atoms with Gasteiger partial charge in [0.15, 0.2) is 0 Å². The van der Waals surface area contributed by atoms with E-state index in [1.807, 2.05) is 18.2 Å². The molecule has 2 atom stereocenters. The van der Waals surface area contributed by atoms with Crippen molar-refractivity contribution in [2.45, 2.75) is 32.4 Å². The van der Waals surface area contributed by atoms with E-state index in [9.17, 15) is 0 Å². The molecule has 0 saturated heterocycles. The highest BCUT2D eigenvalue weighted by atomic mass is 16.5. The smallest absolute Gasteiger partial charge is 0.136 e. The van der Waals surface area contributed by atoms with Crippen molar-refractivity contribution < 1.29 is 4.74 Å². The minimum Gasteiger partial charge on any atom is -0.495 e. The average molecular weight is 230 g/mol. The first-order chi connectivity index (χ1) is 8.28. The van der Waals surface area contributed by atoms with Gasteiger partial charge in [-0.05, 0) is 30.0 Å². The van der Waals surface area contributed by atoms with Gasteiger partial charge in [-0.25, -0.2) is 0 Å². The van der Waals surface area contributed by atoms with E-state index in [1.165, 1.54) is 18.4 Å². The summed E-state index contributed by atoms with van der Waals surface area (Å²) in [6, 6.07) is 8.55. The van der Waals surface area contributed by atoms with Crippen LogP contribution in [0.4, 0.5) is 0 Å². The molecule has 2 unspecified atom stereocenters. The van der Waals surface area contributed by atoms with Crippen LogP contribution >= 0.6 is 0 Å². The van der Waals surface area contributed by atoms with E-state index in [0.29, 0.717) is 17.4 Å². The van der Waals surface area contributed by atoms with Crippen LogP contribution in [0.2, 0.25) is 0 Å². The van der Waals surface area contributed by atoms with Crippen molar-refractivity contribution in [3.05, 3.63) is 29.3 Å². The van der Waals surface area contributed by atoms with Gasteiger partial charge in [-0.15, -0.1) is 0 Å². The van der Waals surface area contributed by atoms with Crippen LogP contribution in [0.5, 0.6) is 5.75 Å². The number of methoxy groups -OCH3 is 1. The Morgan fingerprint density at radius 3 is 2.94 bits per heavy atom. The number of rotatable bonds is 5. The van der Waals surface area contributed by atoms with E-state index in [1.54, 1.807) is 7.11 Å². The SMILES string of the molecule is CCC1CC1NCc1ccc(C#N)c(OC)c1. The fourth-order valence-electron chi connectivity index (χ4n) is 2.14. The lowest BCUT2D eigenvalue weighted by molar-refractivity contribution is 0.412. The minimum absolute atomic E-state index is 0.592. The van der Waals surface area contributed by atoms with Gasteiger partial charge in [-0.2, -0.15) is 5.26 Å². The number of nitriles is 1. The zero-order valence-electron chi connectivity index (χ0n) is 10.4. The van der Waals surface area contributed by atoms with Gasteiger partial charge in [0, 0.05) is 12.6 Å². The summed E-state index contributed by atoms with van der Waals surface area (Å²) in [5, 5.41) is 12.4. The lowest BCUT2D eigenvalue weighted by Crippen LogP contribution is -2.17. The van der Waals surface area contributed by atoms with E-state index in [4.69, 9.17) is 10.00 Å². The van der Waals surface area contributed by atoms with Crippen molar-refractivity contribution in [3.63, 3.8) is 0 Å². The summed E-state index contributed by atoms with van der Waals surface area (Å²) in [6.45, 7) is 3.08. The Morgan fingerprint density at radius 2 is 2.35 bits per heavy atom. The van der Waals surface area contributed by atoms with E-state index in [2.05, 4.69) is 18.3 Å². The fourth-order valence-corrected chi connectivity index (χ4v) is 2.14. The molecule has 0 bridgehead atoms. The van der Waals surface area contributed by atoms with Gasteiger partial charge < -0.3 is 10.1 Å². The Morgan fingerprint density at radius 1 is 1.53 bits per heavy atom. The highest BCUT2D eigenvalue weighted by Gasteiger charge is 2.34. The monoisotopic (exact) mass is 230 g/mol.